The van der Waals surface area contributed by atoms with Crippen LogP contribution in [0, 0.1) is 5.82 Å². The number of hydrogen-bond acceptors (Lipinski definition) is 3. The van der Waals surface area contributed by atoms with Crippen molar-refractivity contribution >= 4 is 16.6 Å². The SMILES string of the molecule is COc1ccc2c(NCc3cccc(F)c3)nccc2c1. The zero-order valence-corrected chi connectivity index (χ0v) is 11.6. The molecular formula is C17H15FN2O. The number of rotatable bonds is 4. The minimum Gasteiger partial charge on any atom is -0.497 e. The Morgan fingerprint density at radius 2 is 2.05 bits per heavy atom. The van der Waals surface area contributed by atoms with Crippen LogP contribution in [0.1, 0.15) is 5.56 Å². The summed E-state index contributed by atoms with van der Waals surface area (Å²) in [6.45, 7) is 0.524. The van der Waals surface area contributed by atoms with Gasteiger partial charge in [-0.25, -0.2) is 9.37 Å². The number of hydrogen-bond donors (Lipinski definition) is 1. The second-order valence-electron chi connectivity index (χ2n) is 4.73. The van der Waals surface area contributed by atoms with Crippen LogP contribution in [-0.2, 0) is 6.54 Å². The normalized spacial score (nSPS) is 10.6. The Morgan fingerprint density at radius 1 is 1.14 bits per heavy atom. The number of nitrogens with one attached hydrogen (secondary N) is 1. The molecule has 0 aliphatic carbocycles. The van der Waals surface area contributed by atoms with Crippen LogP contribution in [0.4, 0.5) is 10.2 Å². The van der Waals surface area contributed by atoms with E-state index in [1.165, 1.54) is 12.1 Å². The van der Waals surface area contributed by atoms with Gasteiger partial charge in [-0.05, 0) is 47.3 Å². The number of nitrogens with zero attached hydrogens (tertiary/aromatic N) is 1. The van der Waals surface area contributed by atoms with E-state index in [1.807, 2.05) is 30.3 Å². The van der Waals surface area contributed by atoms with Gasteiger partial charge in [0, 0.05) is 18.1 Å². The lowest BCUT2D eigenvalue weighted by atomic mass is 10.1. The van der Waals surface area contributed by atoms with Gasteiger partial charge >= 0.3 is 0 Å². The van der Waals surface area contributed by atoms with E-state index in [0.29, 0.717) is 6.54 Å². The average molecular weight is 282 g/mol. The standard InChI is InChI=1S/C17H15FN2O/c1-21-15-5-6-16-13(10-15)7-8-19-17(16)20-11-12-3-2-4-14(18)9-12/h2-10H,11H2,1H3,(H,19,20). The molecule has 0 bridgehead atoms. The van der Waals surface area contributed by atoms with Crippen LogP contribution in [-0.4, -0.2) is 12.1 Å². The first-order valence-corrected chi connectivity index (χ1v) is 6.67. The Balaban J connectivity index is 1.87. The molecule has 0 aliphatic rings. The van der Waals surface area contributed by atoms with Crippen LogP contribution in [0.5, 0.6) is 5.75 Å². The Labute approximate surface area is 122 Å². The lowest BCUT2D eigenvalue weighted by Crippen LogP contribution is -2.02. The Bertz CT molecular complexity index is 774. The van der Waals surface area contributed by atoms with Crippen LogP contribution in [0.3, 0.4) is 0 Å². The van der Waals surface area contributed by atoms with Gasteiger partial charge in [0.05, 0.1) is 7.11 Å². The van der Waals surface area contributed by atoms with E-state index in [2.05, 4.69) is 10.3 Å². The third kappa shape index (κ3) is 2.94. The van der Waals surface area contributed by atoms with Gasteiger partial charge in [-0.2, -0.15) is 0 Å². The molecule has 1 aromatic heterocycles. The zero-order valence-electron chi connectivity index (χ0n) is 11.6. The second kappa shape index (κ2) is 5.79. The fraction of sp³-hybridized carbons (Fsp3) is 0.118. The van der Waals surface area contributed by atoms with Gasteiger partial charge in [0.1, 0.15) is 17.4 Å². The van der Waals surface area contributed by atoms with Crippen LogP contribution >= 0.6 is 0 Å². The van der Waals surface area contributed by atoms with Crippen molar-refractivity contribution < 1.29 is 9.13 Å². The van der Waals surface area contributed by atoms with E-state index in [-0.39, 0.29) is 5.82 Å². The molecule has 106 valence electrons. The van der Waals surface area contributed by atoms with E-state index in [4.69, 9.17) is 4.74 Å². The number of methoxy groups -OCH3 is 1. The summed E-state index contributed by atoms with van der Waals surface area (Å²) >= 11 is 0. The van der Waals surface area contributed by atoms with E-state index in [9.17, 15) is 4.39 Å². The summed E-state index contributed by atoms with van der Waals surface area (Å²) in [5.41, 5.74) is 0.877. The summed E-state index contributed by atoms with van der Waals surface area (Å²) in [7, 11) is 1.64. The summed E-state index contributed by atoms with van der Waals surface area (Å²) in [4.78, 5) is 4.35. The predicted octanol–water partition coefficient (Wildman–Crippen LogP) is 3.99. The number of ether oxygens (including phenoxy) is 1. The number of halogens is 1. The van der Waals surface area contributed by atoms with Crippen LogP contribution in [0.15, 0.2) is 54.7 Å². The highest BCUT2D eigenvalue weighted by molar-refractivity contribution is 5.92. The quantitative estimate of drug-likeness (QED) is 0.785. The van der Waals surface area contributed by atoms with Gasteiger partial charge in [0.25, 0.3) is 0 Å². The zero-order chi connectivity index (χ0) is 14.7. The lowest BCUT2D eigenvalue weighted by Gasteiger charge is -2.10. The van der Waals surface area contributed by atoms with Crippen LogP contribution < -0.4 is 10.1 Å². The molecule has 2 aromatic carbocycles. The summed E-state index contributed by atoms with van der Waals surface area (Å²) in [5.74, 6) is 1.36. The van der Waals surface area contributed by atoms with Crippen LogP contribution in [0.25, 0.3) is 10.8 Å². The molecule has 0 aliphatic heterocycles. The maximum Gasteiger partial charge on any atom is 0.134 e. The molecule has 0 atom stereocenters. The van der Waals surface area contributed by atoms with Crippen molar-refractivity contribution in [3.8, 4) is 5.75 Å². The summed E-state index contributed by atoms with van der Waals surface area (Å²) in [6.07, 6.45) is 1.75. The number of benzene rings is 2. The summed E-state index contributed by atoms with van der Waals surface area (Å²) < 4.78 is 18.4. The van der Waals surface area contributed by atoms with Crippen molar-refractivity contribution in [2.24, 2.45) is 0 Å². The van der Waals surface area contributed by atoms with Crippen molar-refractivity contribution in [1.29, 1.82) is 0 Å². The number of fused-ring (bicyclic) bond motifs is 1. The molecule has 0 fully saturated rings. The Hall–Kier alpha value is -2.62. The van der Waals surface area contributed by atoms with Crippen molar-refractivity contribution in [2.45, 2.75) is 6.54 Å². The topological polar surface area (TPSA) is 34.1 Å². The lowest BCUT2D eigenvalue weighted by molar-refractivity contribution is 0.415. The van der Waals surface area contributed by atoms with Crippen molar-refractivity contribution in [3.63, 3.8) is 0 Å². The first-order valence-electron chi connectivity index (χ1n) is 6.67. The summed E-state index contributed by atoms with van der Waals surface area (Å²) in [6, 6.07) is 14.3. The average Bonchev–Trinajstić information content (AvgIpc) is 2.52. The first kappa shape index (κ1) is 13.4. The molecule has 0 spiro atoms. The van der Waals surface area contributed by atoms with Gasteiger partial charge in [0.15, 0.2) is 0 Å². The van der Waals surface area contributed by atoms with E-state index in [0.717, 1.165) is 27.9 Å². The third-order valence-electron chi connectivity index (χ3n) is 3.32. The van der Waals surface area contributed by atoms with Crippen molar-refractivity contribution in [2.75, 3.05) is 12.4 Å². The van der Waals surface area contributed by atoms with E-state index < -0.39 is 0 Å². The fourth-order valence-corrected chi connectivity index (χ4v) is 2.26. The van der Waals surface area contributed by atoms with E-state index >= 15 is 0 Å². The molecule has 0 unspecified atom stereocenters. The molecule has 0 amide bonds. The first-order chi connectivity index (χ1) is 10.3. The number of pyridine rings is 1. The minimum absolute atomic E-state index is 0.232. The Kier molecular flexibility index (Phi) is 3.69. The monoisotopic (exact) mass is 282 g/mol. The van der Waals surface area contributed by atoms with Gasteiger partial charge in [0.2, 0.25) is 0 Å². The summed E-state index contributed by atoms with van der Waals surface area (Å²) in [5, 5.41) is 5.31. The smallest absolute Gasteiger partial charge is 0.134 e. The third-order valence-corrected chi connectivity index (χ3v) is 3.32. The maximum atomic E-state index is 13.2. The molecule has 0 radical (unpaired) electrons. The molecule has 0 saturated carbocycles. The molecule has 3 nitrogen and oxygen atoms in total. The minimum atomic E-state index is -0.232. The Morgan fingerprint density at radius 3 is 2.86 bits per heavy atom. The van der Waals surface area contributed by atoms with Crippen molar-refractivity contribution in [1.82, 2.24) is 4.98 Å². The fourth-order valence-electron chi connectivity index (χ4n) is 2.26. The largest absolute Gasteiger partial charge is 0.497 e. The maximum absolute atomic E-state index is 13.2. The van der Waals surface area contributed by atoms with Gasteiger partial charge in [-0.3, -0.25) is 0 Å². The molecule has 4 heteroatoms. The molecule has 21 heavy (non-hydrogen) atoms. The van der Waals surface area contributed by atoms with Gasteiger partial charge < -0.3 is 10.1 Å². The predicted molar refractivity (Wildman–Crippen MR) is 82.0 cm³/mol. The molecule has 1 N–H and O–H groups in total. The van der Waals surface area contributed by atoms with E-state index in [1.54, 1.807) is 19.4 Å². The van der Waals surface area contributed by atoms with Crippen molar-refractivity contribution in [3.05, 3.63) is 66.1 Å². The molecule has 3 aromatic rings. The van der Waals surface area contributed by atoms with Crippen LogP contribution in [0.2, 0.25) is 0 Å². The van der Waals surface area contributed by atoms with Gasteiger partial charge in [-0.15, -0.1) is 0 Å². The van der Waals surface area contributed by atoms with Gasteiger partial charge in [-0.1, -0.05) is 12.1 Å². The molecule has 0 saturated heterocycles. The molecule has 3 rings (SSSR count). The molecular weight excluding hydrogens is 267 g/mol. The highest BCUT2D eigenvalue weighted by atomic mass is 19.1. The number of anilines is 1. The second-order valence-corrected chi connectivity index (χ2v) is 4.73. The highest BCUT2D eigenvalue weighted by Crippen LogP contribution is 2.25. The number of aromatic nitrogens is 1. The molecule has 1 heterocycles. The highest BCUT2D eigenvalue weighted by Gasteiger charge is 2.04.